The Labute approximate surface area is 187 Å². The summed E-state index contributed by atoms with van der Waals surface area (Å²) in [6.45, 7) is -0.0924. The first-order valence-electron chi connectivity index (χ1n) is 10.4. The summed E-state index contributed by atoms with van der Waals surface area (Å²) in [5.74, 6) is 0. The van der Waals surface area contributed by atoms with Crippen LogP contribution in [0.15, 0.2) is 0 Å². The van der Waals surface area contributed by atoms with E-state index in [4.69, 9.17) is 23.7 Å². The molecular formula is C18H32O15. The van der Waals surface area contributed by atoms with Crippen LogP contribution in [0.3, 0.4) is 0 Å². The highest BCUT2D eigenvalue weighted by molar-refractivity contribution is 4.95. The molecule has 33 heavy (non-hydrogen) atoms. The molecule has 3 heterocycles. The zero-order valence-corrected chi connectivity index (χ0v) is 17.6. The summed E-state index contributed by atoms with van der Waals surface area (Å²) in [6, 6.07) is 0. The van der Waals surface area contributed by atoms with E-state index in [-0.39, 0.29) is 0 Å². The summed E-state index contributed by atoms with van der Waals surface area (Å²) in [5.41, 5.74) is 0. The minimum absolute atomic E-state index is 0.714. The molecule has 0 saturated carbocycles. The molecule has 3 aliphatic rings. The van der Waals surface area contributed by atoms with E-state index < -0.39 is 105 Å². The van der Waals surface area contributed by atoms with Crippen molar-refractivity contribution in [2.24, 2.45) is 0 Å². The fraction of sp³-hybridized carbons (Fsp3) is 1.00. The number of hydrogen-bond acceptors (Lipinski definition) is 15. The smallest absolute Gasteiger partial charge is 0.187 e. The highest BCUT2D eigenvalue weighted by Gasteiger charge is 2.53. The van der Waals surface area contributed by atoms with Gasteiger partial charge in [-0.25, -0.2) is 0 Å². The maximum atomic E-state index is 10.6. The Morgan fingerprint density at radius 3 is 1.64 bits per heavy atom. The molecule has 15 heteroatoms. The summed E-state index contributed by atoms with van der Waals surface area (Å²) in [4.78, 5) is 0. The molecule has 0 unspecified atom stereocenters. The van der Waals surface area contributed by atoms with Gasteiger partial charge in [0.25, 0.3) is 0 Å². The van der Waals surface area contributed by atoms with Crippen molar-refractivity contribution in [2.45, 2.75) is 99.0 Å². The molecule has 0 radical (unpaired) electrons. The maximum Gasteiger partial charge on any atom is 0.187 e. The molecule has 3 aliphatic heterocycles. The van der Waals surface area contributed by atoms with Crippen LogP contribution in [-0.2, 0) is 23.7 Å². The zero-order chi connectivity index (χ0) is 24.6. The van der Waals surface area contributed by atoms with E-state index in [2.05, 4.69) is 0 Å². The van der Waals surface area contributed by atoms with E-state index in [9.17, 15) is 51.1 Å². The summed E-state index contributed by atoms with van der Waals surface area (Å²) in [6.07, 6.45) is -24.2. The van der Waals surface area contributed by atoms with Crippen molar-refractivity contribution >= 4 is 0 Å². The van der Waals surface area contributed by atoms with Gasteiger partial charge in [-0.3, -0.25) is 0 Å². The lowest BCUT2D eigenvalue weighted by molar-refractivity contribution is -0.389. The van der Waals surface area contributed by atoms with E-state index in [0.717, 1.165) is 0 Å². The fourth-order valence-corrected chi connectivity index (χ4v) is 3.96. The van der Waals surface area contributed by atoms with Gasteiger partial charge in [-0.2, -0.15) is 0 Å². The van der Waals surface area contributed by atoms with Gasteiger partial charge in [0.15, 0.2) is 18.9 Å². The van der Waals surface area contributed by atoms with E-state index in [1.165, 1.54) is 6.92 Å². The largest absolute Gasteiger partial charge is 0.394 e. The maximum absolute atomic E-state index is 10.6. The summed E-state index contributed by atoms with van der Waals surface area (Å²) >= 11 is 0. The molecule has 0 aliphatic carbocycles. The third-order valence-electron chi connectivity index (χ3n) is 6.06. The Kier molecular flexibility index (Phi) is 8.99. The topological polar surface area (TPSA) is 248 Å². The van der Waals surface area contributed by atoms with Gasteiger partial charge in [0.2, 0.25) is 0 Å². The van der Waals surface area contributed by atoms with Crippen molar-refractivity contribution in [3.05, 3.63) is 0 Å². The van der Waals surface area contributed by atoms with Gasteiger partial charge in [-0.1, -0.05) is 0 Å². The number of hydrogen-bond donors (Lipinski definition) is 10. The molecule has 0 aromatic heterocycles. The molecule has 15 nitrogen and oxygen atoms in total. The molecule has 3 rings (SSSR count). The lowest BCUT2D eigenvalue weighted by Crippen LogP contribution is -2.66. The molecular weight excluding hydrogens is 456 g/mol. The van der Waals surface area contributed by atoms with Crippen LogP contribution in [0.25, 0.3) is 0 Å². The third-order valence-corrected chi connectivity index (χ3v) is 6.06. The van der Waals surface area contributed by atoms with Crippen molar-refractivity contribution in [1.82, 2.24) is 0 Å². The second-order valence-corrected chi connectivity index (χ2v) is 8.32. The molecule has 3 saturated heterocycles. The molecule has 0 aromatic rings. The van der Waals surface area contributed by atoms with Crippen molar-refractivity contribution < 1.29 is 74.7 Å². The molecule has 0 bridgehead atoms. The lowest BCUT2D eigenvalue weighted by atomic mass is 9.96. The SMILES string of the molecule is C[C@@H]1O[C@@H](O[C@H]2[C@H](O[C@@H]3[C@@H](O)[C@H](O)[C@@H](CO)O[C@H]3O)O[C@H](CO)[C@H](O)[C@@H]2O)[C@H](O)[C@H](O)[C@H]1O. The molecule has 10 N–H and O–H groups in total. The van der Waals surface area contributed by atoms with Crippen LogP contribution in [0.5, 0.6) is 0 Å². The monoisotopic (exact) mass is 488 g/mol. The number of aliphatic hydroxyl groups is 10. The van der Waals surface area contributed by atoms with Crippen LogP contribution < -0.4 is 0 Å². The van der Waals surface area contributed by atoms with E-state index >= 15 is 0 Å². The summed E-state index contributed by atoms with van der Waals surface area (Å²) in [7, 11) is 0. The Morgan fingerprint density at radius 2 is 1.06 bits per heavy atom. The molecule has 0 spiro atoms. The summed E-state index contributed by atoms with van der Waals surface area (Å²) < 4.78 is 26.7. The fourth-order valence-electron chi connectivity index (χ4n) is 3.96. The second-order valence-electron chi connectivity index (χ2n) is 8.32. The van der Waals surface area contributed by atoms with Crippen LogP contribution in [0.4, 0.5) is 0 Å². The molecule has 0 amide bonds. The normalized spacial score (nSPS) is 53.7. The predicted octanol–water partition coefficient (Wildman–Crippen LogP) is -6.55. The van der Waals surface area contributed by atoms with Crippen LogP contribution >= 0.6 is 0 Å². The van der Waals surface area contributed by atoms with Gasteiger partial charge in [0.05, 0.1) is 19.3 Å². The van der Waals surface area contributed by atoms with Gasteiger partial charge in [0.1, 0.15) is 67.1 Å². The molecule has 3 fully saturated rings. The van der Waals surface area contributed by atoms with Crippen molar-refractivity contribution in [3.63, 3.8) is 0 Å². The predicted molar refractivity (Wildman–Crippen MR) is 99.8 cm³/mol. The van der Waals surface area contributed by atoms with Crippen molar-refractivity contribution in [2.75, 3.05) is 13.2 Å². The minimum atomic E-state index is -1.87. The van der Waals surface area contributed by atoms with Gasteiger partial charge >= 0.3 is 0 Å². The number of aliphatic hydroxyl groups excluding tert-OH is 10. The van der Waals surface area contributed by atoms with Gasteiger partial charge in [-0.15, -0.1) is 0 Å². The lowest BCUT2D eigenvalue weighted by Gasteiger charge is -2.47. The van der Waals surface area contributed by atoms with Crippen LogP contribution in [0, 0.1) is 0 Å². The Balaban J connectivity index is 1.81. The first-order valence-corrected chi connectivity index (χ1v) is 10.4. The quantitative estimate of drug-likeness (QED) is 0.167. The van der Waals surface area contributed by atoms with Crippen molar-refractivity contribution in [3.8, 4) is 0 Å². The molecule has 194 valence electrons. The van der Waals surface area contributed by atoms with E-state index in [1.54, 1.807) is 0 Å². The Hall–Kier alpha value is -0.600. The number of rotatable bonds is 6. The van der Waals surface area contributed by atoms with Crippen LogP contribution in [0.1, 0.15) is 6.92 Å². The Bertz CT molecular complexity index is 626. The standard InChI is InChI=1S/C18H32O15/c1-4-7(21)10(24)13(27)17(29-4)33-15-12(26)9(23)6(3-20)31-18(15)32-14-11(25)8(22)5(2-19)30-16(14)28/h4-28H,2-3H2,1H3/t4-,5+,6+,7-,8+,9-,10+,11-,12-,13+,14+,15+,16+,17-,18-/m0/s1. The van der Waals surface area contributed by atoms with Crippen molar-refractivity contribution in [1.29, 1.82) is 0 Å². The number of ether oxygens (including phenoxy) is 5. The van der Waals surface area contributed by atoms with Crippen LogP contribution in [0.2, 0.25) is 0 Å². The van der Waals surface area contributed by atoms with Gasteiger partial charge < -0.3 is 74.7 Å². The van der Waals surface area contributed by atoms with E-state index in [1.807, 2.05) is 0 Å². The Morgan fingerprint density at radius 1 is 0.545 bits per heavy atom. The highest BCUT2D eigenvalue weighted by Crippen LogP contribution is 2.32. The molecule has 0 aromatic carbocycles. The van der Waals surface area contributed by atoms with Crippen LogP contribution in [-0.4, -0.2) is 156 Å². The average molecular weight is 488 g/mol. The first-order chi connectivity index (χ1) is 15.5. The van der Waals surface area contributed by atoms with E-state index in [0.29, 0.717) is 0 Å². The second kappa shape index (κ2) is 11.0. The summed E-state index contributed by atoms with van der Waals surface area (Å²) in [5, 5.41) is 100. The van der Waals surface area contributed by atoms with Gasteiger partial charge in [0, 0.05) is 0 Å². The minimum Gasteiger partial charge on any atom is -0.394 e. The van der Waals surface area contributed by atoms with Gasteiger partial charge in [-0.05, 0) is 6.92 Å². The average Bonchev–Trinajstić information content (AvgIpc) is 2.79. The zero-order valence-electron chi connectivity index (χ0n) is 17.6. The highest BCUT2D eigenvalue weighted by atomic mass is 16.8. The third kappa shape index (κ3) is 5.32. The first kappa shape index (κ1) is 27.0. The molecule has 15 atom stereocenters.